The third-order valence-electron chi connectivity index (χ3n) is 12.6. The van der Waals surface area contributed by atoms with Gasteiger partial charge in [0.15, 0.2) is 6.10 Å². The molecular weight excluding hydrogens is 817 g/mol. The van der Waals surface area contributed by atoms with Crippen LogP contribution in [0.25, 0.3) is 0 Å². The Labute approximate surface area is 409 Å². The van der Waals surface area contributed by atoms with E-state index in [0.717, 1.165) is 77.0 Å². The van der Waals surface area contributed by atoms with Crippen LogP contribution in [0.15, 0.2) is 48.6 Å². The summed E-state index contributed by atoms with van der Waals surface area (Å²) < 4.78 is 16.8. The van der Waals surface area contributed by atoms with Gasteiger partial charge in [-0.3, -0.25) is 14.4 Å². The second-order valence-corrected chi connectivity index (χ2v) is 19.2. The fourth-order valence-electron chi connectivity index (χ4n) is 8.21. The summed E-state index contributed by atoms with van der Waals surface area (Å²) in [5, 5.41) is 0. The molecule has 0 N–H and O–H groups in total. The summed E-state index contributed by atoms with van der Waals surface area (Å²) in [6.07, 6.45) is 66.8. The quantitative estimate of drug-likeness (QED) is 0.0262. The van der Waals surface area contributed by atoms with E-state index in [0.29, 0.717) is 19.3 Å². The normalized spacial score (nSPS) is 12.3. The Bertz CT molecular complexity index is 1150. The van der Waals surface area contributed by atoms with Gasteiger partial charge in [0.2, 0.25) is 0 Å². The number of carbonyl (C=O) groups is 3. The predicted octanol–water partition coefficient (Wildman–Crippen LogP) is 19.0. The molecule has 0 aromatic carbocycles. The molecule has 0 heterocycles. The maximum Gasteiger partial charge on any atom is 0.306 e. The Morgan fingerprint density at radius 1 is 0.303 bits per heavy atom. The molecule has 0 aliphatic rings. The number of hydrogen-bond donors (Lipinski definition) is 0. The van der Waals surface area contributed by atoms with Crippen molar-refractivity contribution in [2.45, 2.75) is 303 Å². The minimum Gasteiger partial charge on any atom is -0.462 e. The lowest BCUT2D eigenvalue weighted by atomic mass is 10.1. The number of allylic oxidation sites excluding steroid dienone is 8. The Morgan fingerprint density at radius 2 is 0.545 bits per heavy atom. The van der Waals surface area contributed by atoms with Crippen LogP contribution in [0.3, 0.4) is 0 Å². The van der Waals surface area contributed by atoms with Crippen molar-refractivity contribution in [2.24, 2.45) is 0 Å². The summed E-state index contributed by atoms with van der Waals surface area (Å²) in [4.78, 5) is 38.0. The van der Waals surface area contributed by atoms with Crippen LogP contribution in [0, 0.1) is 0 Å². The van der Waals surface area contributed by atoms with Crippen LogP contribution < -0.4 is 0 Å². The molecule has 0 rings (SSSR count). The van der Waals surface area contributed by atoms with E-state index in [-0.39, 0.29) is 31.1 Å². The average Bonchev–Trinajstić information content (AvgIpc) is 3.31. The van der Waals surface area contributed by atoms with Gasteiger partial charge in [-0.2, -0.15) is 0 Å². The third kappa shape index (κ3) is 52.3. The van der Waals surface area contributed by atoms with Gasteiger partial charge in [0.05, 0.1) is 0 Å². The van der Waals surface area contributed by atoms with E-state index < -0.39 is 6.10 Å². The standard InChI is InChI=1S/C60H108O6/c1-4-7-10-13-16-19-22-24-25-26-27-28-29-30-31-32-33-34-35-37-38-41-44-47-50-53-59(62)65-56-57(55-64-58(61)52-49-46-43-40-21-18-15-12-9-6-3)66-60(63)54-51-48-45-42-39-36-23-20-17-14-11-8-5-2/h20,22-24,26-27,29-30,57H,4-19,21,25,28,31-56H2,1-3H3/b23-20-,24-22-,27-26-,30-29-. The van der Waals surface area contributed by atoms with Gasteiger partial charge in [-0.05, 0) is 83.5 Å². The fourth-order valence-corrected chi connectivity index (χ4v) is 8.21. The maximum absolute atomic E-state index is 12.8. The van der Waals surface area contributed by atoms with Crippen molar-refractivity contribution in [3.8, 4) is 0 Å². The van der Waals surface area contributed by atoms with Gasteiger partial charge in [0.1, 0.15) is 13.2 Å². The summed E-state index contributed by atoms with van der Waals surface area (Å²) >= 11 is 0. The van der Waals surface area contributed by atoms with Crippen LogP contribution in [-0.4, -0.2) is 37.2 Å². The lowest BCUT2D eigenvalue weighted by molar-refractivity contribution is -0.167. The van der Waals surface area contributed by atoms with E-state index in [4.69, 9.17) is 14.2 Å². The zero-order valence-corrected chi connectivity index (χ0v) is 44.0. The number of carbonyl (C=O) groups excluding carboxylic acids is 3. The van der Waals surface area contributed by atoms with Crippen molar-refractivity contribution in [2.75, 3.05) is 13.2 Å². The molecule has 66 heavy (non-hydrogen) atoms. The molecule has 0 aliphatic heterocycles. The Morgan fingerprint density at radius 3 is 0.879 bits per heavy atom. The van der Waals surface area contributed by atoms with Gasteiger partial charge in [-0.15, -0.1) is 0 Å². The molecule has 0 saturated heterocycles. The molecule has 0 aliphatic carbocycles. The van der Waals surface area contributed by atoms with E-state index in [1.54, 1.807) is 0 Å². The van der Waals surface area contributed by atoms with Crippen LogP contribution in [0.5, 0.6) is 0 Å². The van der Waals surface area contributed by atoms with Crippen molar-refractivity contribution in [1.82, 2.24) is 0 Å². The highest BCUT2D eigenvalue weighted by atomic mass is 16.6. The van der Waals surface area contributed by atoms with Gasteiger partial charge in [0, 0.05) is 19.3 Å². The highest BCUT2D eigenvalue weighted by Gasteiger charge is 2.19. The molecule has 0 saturated carbocycles. The predicted molar refractivity (Wildman–Crippen MR) is 284 cm³/mol. The van der Waals surface area contributed by atoms with Crippen LogP contribution in [0.2, 0.25) is 0 Å². The second kappa shape index (κ2) is 55.0. The van der Waals surface area contributed by atoms with E-state index in [9.17, 15) is 14.4 Å². The number of unbranched alkanes of at least 4 members (excludes halogenated alkanes) is 33. The fraction of sp³-hybridized carbons (Fsp3) is 0.817. The zero-order chi connectivity index (χ0) is 47.9. The van der Waals surface area contributed by atoms with Crippen molar-refractivity contribution >= 4 is 17.9 Å². The first-order chi connectivity index (χ1) is 32.5. The maximum atomic E-state index is 12.8. The second-order valence-electron chi connectivity index (χ2n) is 19.2. The van der Waals surface area contributed by atoms with Gasteiger partial charge in [0.25, 0.3) is 0 Å². The molecule has 6 nitrogen and oxygen atoms in total. The van der Waals surface area contributed by atoms with E-state index in [2.05, 4.69) is 69.4 Å². The van der Waals surface area contributed by atoms with Crippen molar-refractivity contribution < 1.29 is 28.6 Å². The molecule has 1 unspecified atom stereocenters. The van der Waals surface area contributed by atoms with Crippen LogP contribution >= 0.6 is 0 Å². The largest absolute Gasteiger partial charge is 0.462 e. The average molecular weight is 926 g/mol. The lowest BCUT2D eigenvalue weighted by Crippen LogP contribution is -2.30. The van der Waals surface area contributed by atoms with Crippen LogP contribution in [0.1, 0.15) is 297 Å². The van der Waals surface area contributed by atoms with Gasteiger partial charge in [-0.1, -0.05) is 243 Å². The smallest absolute Gasteiger partial charge is 0.306 e. The molecule has 384 valence electrons. The summed E-state index contributed by atoms with van der Waals surface area (Å²) in [6, 6.07) is 0. The molecule has 1 atom stereocenters. The summed E-state index contributed by atoms with van der Waals surface area (Å²) in [5.74, 6) is -0.879. The Balaban J connectivity index is 4.22. The molecule has 0 aromatic rings. The summed E-state index contributed by atoms with van der Waals surface area (Å²) in [5.41, 5.74) is 0. The number of esters is 3. The lowest BCUT2D eigenvalue weighted by Gasteiger charge is -2.18. The summed E-state index contributed by atoms with van der Waals surface area (Å²) in [7, 11) is 0. The Hall–Kier alpha value is -2.63. The van der Waals surface area contributed by atoms with E-state index in [1.165, 1.54) is 180 Å². The molecule has 0 aromatic heterocycles. The minimum absolute atomic E-state index is 0.0750. The van der Waals surface area contributed by atoms with Gasteiger partial charge >= 0.3 is 17.9 Å². The molecule has 0 spiro atoms. The molecule has 6 heteroatoms. The zero-order valence-electron chi connectivity index (χ0n) is 44.0. The van der Waals surface area contributed by atoms with Gasteiger partial charge < -0.3 is 14.2 Å². The van der Waals surface area contributed by atoms with Crippen LogP contribution in [-0.2, 0) is 28.6 Å². The monoisotopic (exact) mass is 925 g/mol. The topological polar surface area (TPSA) is 78.9 Å². The molecule has 0 radical (unpaired) electrons. The Kier molecular flexibility index (Phi) is 52.8. The first-order valence-corrected chi connectivity index (χ1v) is 28.6. The minimum atomic E-state index is -0.775. The van der Waals surface area contributed by atoms with Crippen molar-refractivity contribution in [3.63, 3.8) is 0 Å². The number of hydrogen-bond acceptors (Lipinski definition) is 6. The van der Waals surface area contributed by atoms with E-state index >= 15 is 0 Å². The third-order valence-corrected chi connectivity index (χ3v) is 12.6. The summed E-state index contributed by atoms with van der Waals surface area (Å²) in [6.45, 7) is 6.61. The van der Waals surface area contributed by atoms with Gasteiger partial charge in [-0.25, -0.2) is 0 Å². The van der Waals surface area contributed by atoms with E-state index in [1.807, 2.05) is 0 Å². The molecule has 0 fully saturated rings. The highest BCUT2D eigenvalue weighted by Crippen LogP contribution is 2.15. The highest BCUT2D eigenvalue weighted by molar-refractivity contribution is 5.71. The van der Waals surface area contributed by atoms with Crippen molar-refractivity contribution in [1.29, 1.82) is 0 Å². The molecular formula is C60H108O6. The SMILES string of the molecule is CCCCCC/C=C\CCCCCCCC(=O)OC(COC(=O)CCCCCCCCCCCC)COC(=O)CCCCCCCCCCCC/C=C\C/C=C\C/C=C\CCCCCCC. The first-order valence-electron chi connectivity index (χ1n) is 28.6. The molecule has 0 bridgehead atoms. The first kappa shape index (κ1) is 63.4. The van der Waals surface area contributed by atoms with Crippen LogP contribution in [0.4, 0.5) is 0 Å². The number of ether oxygens (including phenoxy) is 3. The molecule has 0 amide bonds. The number of rotatable bonds is 52. The van der Waals surface area contributed by atoms with Crippen molar-refractivity contribution in [3.05, 3.63) is 48.6 Å².